The number of anilines is 1. The molecular weight excluding hydrogens is 283 g/mol. The second kappa shape index (κ2) is 5.67. The number of aryl methyl sites for hydroxylation is 1. The third-order valence-electron chi connectivity index (χ3n) is 2.85. The Labute approximate surface area is 119 Å². The Morgan fingerprint density at radius 3 is 2.40 bits per heavy atom. The number of hydrogen-bond acceptors (Lipinski definition) is 4. The fourth-order valence-corrected chi connectivity index (χ4v) is 3.49. The predicted octanol–water partition coefficient (Wildman–Crippen LogP) is 1.50. The van der Waals surface area contributed by atoms with Crippen LogP contribution in [0, 0.1) is 12.7 Å². The van der Waals surface area contributed by atoms with E-state index in [9.17, 15) is 17.9 Å². The molecule has 0 spiro atoms. The zero-order valence-corrected chi connectivity index (χ0v) is 13.0. The molecule has 0 fully saturated rings. The summed E-state index contributed by atoms with van der Waals surface area (Å²) in [6.45, 7) is 6.21. The lowest BCUT2D eigenvalue weighted by Gasteiger charge is -2.27. The van der Waals surface area contributed by atoms with Gasteiger partial charge in [0.05, 0.1) is 5.60 Å². The summed E-state index contributed by atoms with van der Waals surface area (Å²) in [5.74, 6) is -0.842. The normalized spacial score (nSPS) is 12.9. The Morgan fingerprint density at radius 2 is 1.95 bits per heavy atom. The number of sulfonamides is 1. The van der Waals surface area contributed by atoms with Crippen molar-refractivity contribution in [3.05, 3.63) is 23.5 Å². The summed E-state index contributed by atoms with van der Waals surface area (Å²) in [6, 6.07) is 2.22. The van der Waals surface area contributed by atoms with E-state index >= 15 is 0 Å². The average molecular weight is 304 g/mol. The summed E-state index contributed by atoms with van der Waals surface area (Å²) in [5, 5.41) is 9.77. The van der Waals surface area contributed by atoms with Crippen LogP contribution in [0.25, 0.3) is 0 Å². The van der Waals surface area contributed by atoms with Gasteiger partial charge in [-0.2, -0.15) is 4.31 Å². The number of hydrogen-bond donors (Lipinski definition) is 2. The van der Waals surface area contributed by atoms with E-state index < -0.39 is 26.3 Å². The molecule has 1 aromatic carbocycles. The molecule has 20 heavy (non-hydrogen) atoms. The Kier molecular flexibility index (Phi) is 4.78. The number of benzene rings is 1. The first-order valence-electron chi connectivity index (χ1n) is 6.27. The minimum atomic E-state index is -4.04. The van der Waals surface area contributed by atoms with Crippen molar-refractivity contribution in [1.29, 1.82) is 0 Å². The fraction of sp³-hybridized carbons (Fsp3) is 0.538. The molecule has 1 rings (SSSR count). The van der Waals surface area contributed by atoms with Gasteiger partial charge >= 0.3 is 0 Å². The third-order valence-corrected chi connectivity index (χ3v) is 4.79. The molecule has 0 saturated carbocycles. The first-order chi connectivity index (χ1) is 8.99. The summed E-state index contributed by atoms with van der Waals surface area (Å²) in [7, 11) is -4.04. The highest BCUT2D eigenvalue weighted by atomic mass is 32.2. The lowest BCUT2D eigenvalue weighted by atomic mass is 10.1. The van der Waals surface area contributed by atoms with Crippen molar-refractivity contribution in [3.63, 3.8) is 0 Å². The van der Waals surface area contributed by atoms with Crippen LogP contribution in [0.2, 0.25) is 0 Å². The number of nitrogens with two attached hydrogens (primary N) is 1. The van der Waals surface area contributed by atoms with Crippen LogP contribution in [-0.4, -0.2) is 36.5 Å². The Bertz CT molecular complexity index is 594. The van der Waals surface area contributed by atoms with Gasteiger partial charge in [0.25, 0.3) is 0 Å². The van der Waals surface area contributed by atoms with Gasteiger partial charge in [0.2, 0.25) is 10.0 Å². The van der Waals surface area contributed by atoms with Gasteiger partial charge in [-0.1, -0.05) is 6.92 Å². The van der Waals surface area contributed by atoms with Crippen LogP contribution in [-0.2, 0) is 10.0 Å². The smallest absolute Gasteiger partial charge is 0.246 e. The van der Waals surface area contributed by atoms with Crippen molar-refractivity contribution in [2.75, 3.05) is 18.8 Å². The maximum absolute atomic E-state index is 13.9. The molecular formula is C13H21FN2O3S. The number of halogens is 1. The highest BCUT2D eigenvalue weighted by Crippen LogP contribution is 2.25. The van der Waals surface area contributed by atoms with Crippen LogP contribution in [0.1, 0.15) is 26.3 Å². The number of rotatable bonds is 5. The van der Waals surface area contributed by atoms with Gasteiger partial charge in [-0.15, -0.1) is 0 Å². The minimum Gasteiger partial charge on any atom is -0.398 e. The summed E-state index contributed by atoms with van der Waals surface area (Å²) < 4.78 is 39.8. The second-order valence-corrected chi connectivity index (χ2v) is 7.29. The molecule has 5 nitrogen and oxygen atoms in total. The quantitative estimate of drug-likeness (QED) is 0.807. The zero-order valence-electron chi connectivity index (χ0n) is 12.1. The average Bonchev–Trinajstić information content (AvgIpc) is 2.29. The van der Waals surface area contributed by atoms with E-state index in [1.165, 1.54) is 13.8 Å². The minimum absolute atomic E-state index is 0.125. The molecule has 1 aromatic rings. The van der Waals surface area contributed by atoms with Crippen LogP contribution in [0.3, 0.4) is 0 Å². The van der Waals surface area contributed by atoms with Gasteiger partial charge in [0.15, 0.2) is 0 Å². The van der Waals surface area contributed by atoms with Crippen LogP contribution in [0.4, 0.5) is 10.1 Å². The zero-order chi connectivity index (χ0) is 15.7. The van der Waals surface area contributed by atoms with Gasteiger partial charge in [-0.05, 0) is 38.5 Å². The fourth-order valence-electron chi connectivity index (χ4n) is 1.80. The van der Waals surface area contributed by atoms with Crippen molar-refractivity contribution in [1.82, 2.24) is 4.31 Å². The Hall–Kier alpha value is -1.18. The number of nitrogens with zero attached hydrogens (tertiary/aromatic N) is 1. The van der Waals surface area contributed by atoms with Crippen LogP contribution >= 0.6 is 0 Å². The molecule has 114 valence electrons. The molecule has 0 aliphatic rings. The van der Waals surface area contributed by atoms with Crippen LogP contribution in [0.5, 0.6) is 0 Å². The monoisotopic (exact) mass is 304 g/mol. The molecule has 7 heteroatoms. The number of nitrogen functional groups attached to an aromatic ring is 1. The lowest BCUT2D eigenvalue weighted by molar-refractivity contribution is 0.0601. The molecule has 0 aliphatic heterocycles. The van der Waals surface area contributed by atoms with Crippen LogP contribution < -0.4 is 5.73 Å². The number of likely N-dealkylation sites (N-methyl/N-ethyl adjacent to an activating group) is 1. The largest absolute Gasteiger partial charge is 0.398 e. The van der Waals surface area contributed by atoms with Crippen molar-refractivity contribution in [3.8, 4) is 0 Å². The SMILES string of the molecule is CCN(CC(C)(C)O)S(=O)(=O)c1cc(N)c(C)cc1F. The number of aliphatic hydroxyl groups is 1. The van der Waals surface area contributed by atoms with Crippen molar-refractivity contribution in [2.24, 2.45) is 0 Å². The van der Waals surface area contributed by atoms with Crippen molar-refractivity contribution in [2.45, 2.75) is 38.2 Å². The topological polar surface area (TPSA) is 83.6 Å². The van der Waals surface area contributed by atoms with E-state index in [4.69, 9.17) is 5.73 Å². The van der Waals surface area contributed by atoms with Gasteiger partial charge in [-0.25, -0.2) is 12.8 Å². The molecule has 0 amide bonds. The standard InChI is InChI=1S/C13H21FN2O3S/c1-5-16(8-13(3,4)17)20(18,19)12-7-11(15)9(2)6-10(12)14/h6-7,17H,5,8,15H2,1-4H3. The summed E-state index contributed by atoms with van der Waals surface area (Å²) >= 11 is 0. The van der Waals surface area contributed by atoms with Crippen LogP contribution in [0.15, 0.2) is 17.0 Å². The van der Waals surface area contributed by atoms with E-state index in [-0.39, 0.29) is 18.8 Å². The van der Waals surface area contributed by atoms with E-state index in [0.717, 1.165) is 16.4 Å². The molecule has 0 bridgehead atoms. The maximum atomic E-state index is 13.9. The van der Waals surface area contributed by atoms with Crippen molar-refractivity contribution >= 4 is 15.7 Å². The Morgan fingerprint density at radius 1 is 1.40 bits per heavy atom. The predicted molar refractivity (Wildman–Crippen MR) is 76.3 cm³/mol. The molecule has 0 atom stereocenters. The molecule has 0 aliphatic carbocycles. The van der Waals surface area contributed by atoms with Gasteiger partial charge in [-0.3, -0.25) is 0 Å². The molecule has 0 heterocycles. The molecule has 0 radical (unpaired) electrons. The molecule has 0 aromatic heterocycles. The molecule has 0 unspecified atom stereocenters. The Balaban J connectivity index is 3.31. The van der Waals surface area contributed by atoms with Crippen molar-refractivity contribution < 1.29 is 17.9 Å². The molecule has 0 saturated heterocycles. The third kappa shape index (κ3) is 3.68. The summed E-state index contributed by atoms with van der Waals surface area (Å²) in [6.07, 6.45) is 0. The summed E-state index contributed by atoms with van der Waals surface area (Å²) in [5.41, 5.74) is 5.13. The first-order valence-corrected chi connectivity index (χ1v) is 7.71. The highest BCUT2D eigenvalue weighted by molar-refractivity contribution is 7.89. The van der Waals surface area contributed by atoms with Gasteiger partial charge < -0.3 is 10.8 Å². The van der Waals surface area contributed by atoms with Gasteiger partial charge in [0, 0.05) is 18.8 Å². The second-order valence-electron chi connectivity index (χ2n) is 5.38. The van der Waals surface area contributed by atoms with E-state index in [1.54, 1.807) is 13.8 Å². The van der Waals surface area contributed by atoms with E-state index in [1.807, 2.05) is 0 Å². The first kappa shape index (κ1) is 16.9. The summed E-state index contributed by atoms with van der Waals surface area (Å²) in [4.78, 5) is -0.466. The molecule has 3 N–H and O–H groups in total. The maximum Gasteiger partial charge on any atom is 0.246 e. The van der Waals surface area contributed by atoms with E-state index in [0.29, 0.717) is 5.56 Å². The highest BCUT2D eigenvalue weighted by Gasteiger charge is 2.30. The van der Waals surface area contributed by atoms with E-state index in [2.05, 4.69) is 0 Å². The van der Waals surface area contributed by atoms with Gasteiger partial charge in [0.1, 0.15) is 10.7 Å². The lowest BCUT2D eigenvalue weighted by Crippen LogP contribution is -2.42.